The zero-order valence-electron chi connectivity index (χ0n) is 17.3. The molecular formula is C24H14ClN3O6. The number of nitrogens with zero attached hydrogens (tertiary/aromatic N) is 3. The number of halogens is 1. The molecular weight excluding hydrogens is 462 g/mol. The fourth-order valence-electron chi connectivity index (χ4n) is 6.11. The number of carbonyl (C=O) groups excluding carboxylic acids is 2. The number of hydrogen-bond donors (Lipinski definition) is 0. The maximum absolute atomic E-state index is 13.9. The van der Waals surface area contributed by atoms with E-state index in [1.165, 1.54) is 12.1 Å². The third-order valence-electron chi connectivity index (χ3n) is 7.24. The first-order chi connectivity index (χ1) is 16.3. The molecule has 0 N–H and O–H groups in total. The van der Waals surface area contributed by atoms with Crippen molar-refractivity contribution in [3.63, 3.8) is 0 Å². The average molecular weight is 476 g/mol. The normalized spacial score (nSPS) is 26.1. The van der Waals surface area contributed by atoms with Crippen LogP contribution in [0.25, 0.3) is 0 Å². The van der Waals surface area contributed by atoms with E-state index in [2.05, 4.69) is 0 Å². The summed E-state index contributed by atoms with van der Waals surface area (Å²) < 4.78 is 0. The molecule has 0 saturated carbocycles. The van der Waals surface area contributed by atoms with Crippen molar-refractivity contribution in [1.82, 2.24) is 0 Å². The number of benzene rings is 3. The van der Waals surface area contributed by atoms with Gasteiger partial charge in [0.1, 0.15) is 11.6 Å². The van der Waals surface area contributed by atoms with Crippen LogP contribution in [0.1, 0.15) is 28.2 Å². The van der Waals surface area contributed by atoms with Crippen molar-refractivity contribution in [2.75, 3.05) is 4.90 Å². The van der Waals surface area contributed by atoms with Gasteiger partial charge in [0.15, 0.2) is 0 Å². The van der Waals surface area contributed by atoms with E-state index in [-0.39, 0.29) is 10.7 Å². The van der Waals surface area contributed by atoms with Gasteiger partial charge < -0.3 is 0 Å². The van der Waals surface area contributed by atoms with Gasteiger partial charge in [0.05, 0.1) is 10.8 Å². The van der Waals surface area contributed by atoms with Crippen LogP contribution in [0.15, 0.2) is 66.7 Å². The minimum Gasteiger partial charge on any atom is -0.274 e. The number of rotatable bonds is 3. The van der Waals surface area contributed by atoms with Gasteiger partial charge in [0.25, 0.3) is 11.2 Å². The summed E-state index contributed by atoms with van der Waals surface area (Å²) in [4.78, 5) is 51.8. The fourth-order valence-corrected chi connectivity index (χ4v) is 6.28. The zero-order valence-corrected chi connectivity index (χ0v) is 18.0. The summed E-state index contributed by atoms with van der Waals surface area (Å²) >= 11 is 5.92. The van der Waals surface area contributed by atoms with Crippen molar-refractivity contribution in [3.05, 3.63) is 114 Å². The molecule has 3 aromatic carbocycles. The standard InChI is InChI=1S/C24H14ClN3O6/c25-12-9-10-17(18(11-12)27(31)32)26-22(29)20-19-13-5-1-3-7-15(13)24(28(33)34,21(20)23(26)30)16-8-4-2-6-14(16)19/h1-11,19-21H/t19?,20-,21+,24?/m1/s1. The van der Waals surface area contributed by atoms with Gasteiger partial charge >= 0.3 is 0 Å². The quantitative estimate of drug-likeness (QED) is 0.320. The monoisotopic (exact) mass is 475 g/mol. The predicted octanol–water partition coefficient (Wildman–Crippen LogP) is 4.03. The van der Waals surface area contributed by atoms with Crippen molar-refractivity contribution in [1.29, 1.82) is 0 Å². The molecule has 0 aromatic heterocycles. The van der Waals surface area contributed by atoms with Crippen molar-refractivity contribution < 1.29 is 19.4 Å². The first-order valence-electron chi connectivity index (χ1n) is 10.4. The van der Waals surface area contributed by atoms with Crippen LogP contribution >= 0.6 is 11.6 Å². The first-order valence-corrected chi connectivity index (χ1v) is 10.8. The van der Waals surface area contributed by atoms with Gasteiger partial charge in [-0.2, -0.15) is 0 Å². The molecule has 34 heavy (non-hydrogen) atoms. The van der Waals surface area contributed by atoms with E-state index in [1.54, 1.807) is 48.5 Å². The second kappa shape index (κ2) is 6.71. The van der Waals surface area contributed by atoms with Crippen molar-refractivity contribution in [2.24, 2.45) is 11.8 Å². The maximum Gasteiger partial charge on any atom is 0.294 e. The molecule has 2 bridgehead atoms. The molecule has 3 aromatic rings. The Labute approximate surface area is 196 Å². The van der Waals surface area contributed by atoms with Gasteiger partial charge in [-0.25, -0.2) is 4.90 Å². The van der Waals surface area contributed by atoms with Crippen LogP contribution in [0.2, 0.25) is 5.02 Å². The highest BCUT2D eigenvalue weighted by Gasteiger charge is 2.75. The maximum atomic E-state index is 13.9. The van der Waals surface area contributed by atoms with E-state index >= 15 is 0 Å². The number of hydrogen-bond acceptors (Lipinski definition) is 6. The molecule has 4 aliphatic rings. The largest absolute Gasteiger partial charge is 0.294 e. The first kappa shape index (κ1) is 20.5. The van der Waals surface area contributed by atoms with Gasteiger partial charge in [-0.3, -0.25) is 29.8 Å². The number of nitro groups is 2. The average Bonchev–Trinajstić information content (AvgIpc) is 3.09. The minimum absolute atomic E-state index is 0.0635. The van der Waals surface area contributed by atoms with Crippen LogP contribution in [0.4, 0.5) is 11.4 Å². The van der Waals surface area contributed by atoms with Crippen LogP contribution < -0.4 is 4.90 Å². The van der Waals surface area contributed by atoms with Crippen LogP contribution in [-0.2, 0) is 15.1 Å². The molecule has 0 unspecified atom stereocenters. The fraction of sp³-hybridized carbons (Fsp3) is 0.167. The Bertz CT molecular complexity index is 1420. The Hall–Kier alpha value is -4.11. The van der Waals surface area contributed by atoms with Crippen molar-refractivity contribution >= 4 is 34.8 Å². The van der Waals surface area contributed by atoms with Crippen LogP contribution in [0.5, 0.6) is 0 Å². The molecule has 9 nitrogen and oxygen atoms in total. The molecule has 3 aliphatic carbocycles. The van der Waals surface area contributed by atoms with Gasteiger partial charge in [-0.15, -0.1) is 0 Å². The van der Waals surface area contributed by atoms with E-state index in [4.69, 9.17) is 11.6 Å². The Morgan fingerprint density at radius 3 is 2.00 bits per heavy atom. The topological polar surface area (TPSA) is 124 Å². The third-order valence-corrected chi connectivity index (χ3v) is 7.47. The lowest BCUT2D eigenvalue weighted by molar-refractivity contribution is -0.578. The Kier molecular flexibility index (Phi) is 4.04. The van der Waals surface area contributed by atoms with E-state index in [0.717, 1.165) is 11.0 Å². The molecule has 1 saturated heterocycles. The molecule has 2 atom stereocenters. The molecule has 0 spiro atoms. The number of imide groups is 1. The summed E-state index contributed by atoms with van der Waals surface area (Å²) in [6, 6.07) is 17.2. The summed E-state index contributed by atoms with van der Waals surface area (Å²) in [6.45, 7) is 0. The molecule has 1 heterocycles. The summed E-state index contributed by atoms with van der Waals surface area (Å²) in [6.07, 6.45) is 0. The molecule has 0 radical (unpaired) electrons. The lowest BCUT2D eigenvalue weighted by atomic mass is 9.51. The third kappa shape index (κ3) is 2.24. The Morgan fingerprint density at radius 1 is 0.853 bits per heavy atom. The summed E-state index contributed by atoms with van der Waals surface area (Å²) in [7, 11) is 0. The molecule has 10 heteroatoms. The van der Waals surface area contributed by atoms with E-state index < -0.39 is 50.6 Å². The highest BCUT2D eigenvalue weighted by atomic mass is 35.5. The second-order valence-electron chi connectivity index (χ2n) is 8.58. The highest BCUT2D eigenvalue weighted by Crippen LogP contribution is 2.64. The van der Waals surface area contributed by atoms with Gasteiger partial charge in [0, 0.05) is 33.1 Å². The molecule has 7 rings (SSSR count). The number of amides is 2. The summed E-state index contributed by atoms with van der Waals surface area (Å²) in [5.41, 5.74) is -0.775. The Morgan fingerprint density at radius 2 is 1.44 bits per heavy atom. The van der Waals surface area contributed by atoms with E-state index in [1.807, 2.05) is 0 Å². The van der Waals surface area contributed by atoms with Crippen LogP contribution in [0.3, 0.4) is 0 Å². The van der Waals surface area contributed by atoms with E-state index in [9.17, 15) is 29.8 Å². The number of nitro benzene ring substituents is 1. The Balaban J connectivity index is 1.66. The van der Waals surface area contributed by atoms with Gasteiger partial charge in [0.2, 0.25) is 11.8 Å². The SMILES string of the molecule is O=C1[C@@H]2C3c4ccccc4C([N+](=O)[O-])(c4ccccc43)[C@@H]2C(=O)N1c1ccc(Cl)cc1[N+](=O)[O-]. The van der Waals surface area contributed by atoms with Gasteiger partial charge in [-0.05, 0) is 23.3 Å². The molecule has 1 aliphatic heterocycles. The lowest BCUT2D eigenvalue weighted by Gasteiger charge is -2.48. The van der Waals surface area contributed by atoms with Gasteiger partial charge in [-0.1, -0.05) is 60.1 Å². The summed E-state index contributed by atoms with van der Waals surface area (Å²) in [5, 5.41) is 24.7. The number of carbonyl (C=O) groups is 2. The van der Waals surface area contributed by atoms with Crippen molar-refractivity contribution in [2.45, 2.75) is 11.5 Å². The zero-order chi connectivity index (χ0) is 23.9. The second-order valence-corrected chi connectivity index (χ2v) is 9.02. The smallest absolute Gasteiger partial charge is 0.274 e. The summed E-state index contributed by atoms with van der Waals surface area (Å²) in [5.74, 6) is -4.53. The highest BCUT2D eigenvalue weighted by molar-refractivity contribution is 6.31. The lowest BCUT2D eigenvalue weighted by Crippen LogP contribution is -2.57. The molecule has 1 fully saturated rings. The van der Waals surface area contributed by atoms with Crippen molar-refractivity contribution in [3.8, 4) is 0 Å². The van der Waals surface area contributed by atoms with E-state index in [0.29, 0.717) is 22.3 Å². The molecule has 168 valence electrons. The minimum atomic E-state index is -1.99. The van der Waals surface area contributed by atoms with Crippen LogP contribution in [0, 0.1) is 32.1 Å². The predicted molar refractivity (Wildman–Crippen MR) is 120 cm³/mol. The van der Waals surface area contributed by atoms with Crippen LogP contribution in [-0.4, -0.2) is 21.7 Å². The molecule has 2 amide bonds. The number of anilines is 1.